The van der Waals surface area contributed by atoms with Gasteiger partial charge in [0.15, 0.2) is 17.5 Å². The second kappa shape index (κ2) is 11.9. The fourth-order valence-electron chi connectivity index (χ4n) is 3.05. The predicted octanol–water partition coefficient (Wildman–Crippen LogP) is 3.39. The highest BCUT2D eigenvalue weighted by atomic mass is 127. The van der Waals surface area contributed by atoms with Gasteiger partial charge in [0.25, 0.3) is 0 Å². The summed E-state index contributed by atoms with van der Waals surface area (Å²) in [6.45, 7) is 5.62. The van der Waals surface area contributed by atoms with Gasteiger partial charge in [0.1, 0.15) is 0 Å². The van der Waals surface area contributed by atoms with Crippen LogP contribution < -0.4 is 20.1 Å². The normalized spacial score (nSPS) is 12.6. The molecule has 158 valence electrons. The first kappa shape index (κ1) is 23.3. The lowest BCUT2D eigenvalue weighted by Crippen LogP contribution is -2.38. The first-order valence-electron chi connectivity index (χ1n) is 9.77. The number of nitrogens with zero attached hydrogens (tertiary/aromatic N) is 2. The maximum absolute atomic E-state index is 5.44. The number of benzene rings is 2. The smallest absolute Gasteiger partial charge is 0.231 e. The Balaban J connectivity index is 0.00000300. The molecule has 6 nitrogen and oxygen atoms in total. The maximum Gasteiger partial charge on any atom is 0.231 e. The molecule has 0 saturated heterocycles. The zero-order chi connectivity index (χ0) is 19.8. The van der Waals surface area contributed by atoms with E-state index in [1.54, 1.807) is 0 Å². The Hall–Kier alpha value is -2.00. The number of guanidine groups is 1. The van der Waals surface area contributed by atoms with Crippen molar-refractivity contribution in [3.8, 4) is 11.5 Å². The minimum absolute atomic E-state index is 0. The molecule has 1 aliphatic rings. The molecule has 0 radical (unpaired) electrons. The molecule has 7 heteroatoms. The van der Waals surface area contributed by atoms with Crippen molar-refractivity contribution in [1.29, 1.82) is 0 Å². The van der Waals surface area contributed by atoms with E-state index in [-0.39, 0.29) is 24.0 Å². The molecule has 0 aliphatic carbocycles. The molecule has 0 unspecified atom stereocenters. The number of aliphatic imine (C=N–C) groups is 1. The van der Waals surface area contributed by atoms with Gasteiger partial charge < -0.3 is 25.0 Å². The third-order valence-electron chi connectivity index (χ3n) is 4.43. The summed E-state index contributed by atoms with van der Waals surface area (Å²) in [5, 5.41) is 6.71. The van der Waals surface area contributed by atoms with E-state index in [2.05, 4.69) is 66.9 Å². The summed E-state index contributed by atoms with van der Waals surface area (Å²) in [6, 6.07) is 14.7. The maximum atomic E-state index is 5.44. The fraction of sp³-hybridized carbons (Fsp3) is 0.409. The third-order valence-corrected chi connectivity index (χ3v) is 4.43. The average Bonchev–Trinajstić information content (AvgIpc) is 3.14. The molecule has 29 heavy (non-hydrogen) atoms. The van der Waals surface area contributed by atoms with E-state index in [0.717, 1.165) is 43.5 Å². The van der Waals surface area contributed by atoms with Crippen LogP contribution in [0.5, 0.6) is 11.5 Å². The van der Waals surface area contributed by atoms with Crippen LogP contribution in [0.3, 0.4) is 0 Å². The monoisotopic (exact) mass is 510 g/mol. The van der Waals surface area contributed by atoms with Gasteiger partial charge >= 0.3 is 0 Å². The first-order valence-corrected chi connectivity index (χ1v) is 9.77. The highest BCUT2D eigenvalue weighted by Gasteiger charge is 2.12. The van der Waals surface area contributed by atoms with Gasteiger partial charge in [-0.05, 0) is 56.3 Å². The van der Waals surface area contributed by atoms with Gasteiger partial charge in [-0.25, -0.2) is 4.99 Å². The molecule has 0 atom stereocenters. The summed E-state index contributed by atoms with van der Waals surface area (Å²) in [5.74, 6) is 2.49. The van der Waals surface area contributed by atoms with Crippen molar-refractivity contribution in [2.24, 2.45) is 4.99 Å². The van der Waals surface area contributed by atoms with Gasteiger partial charge in [0.05, 0.1) is 6.54 Å². The van der Waals surface area contributed by atoms with Crippen LogP contribution in [0.15, 0.2) is 47.5 Å². The molecule has 0 fully saturated rings. The lowest BCUT2D eigenvalue weighted by Gasteiger charge is -2.12. The number of fused-ring (bicyclic) bond motifs is 1. The molecule has 0 spiro atoms. The van der Waals surface area contributed by atoms with Crippen molar-refractivity contribution in [1.82, 2.24) is 15.5 Å². The molecule has 1 aliphatic heterocycles. The topological polar surface area (TPSA) is 58.1 Å². The second-order valence-corrected chi connectivity index (χ2v) is 7.11. The lowest BCUT2D eigenvalue weighted by atomic mass is 10.1. The molecule has 0 amide bonds. The SMILES string of the molecule is CCNC(=NCc1ccc(CN(C)C)cc1)NCCc1ccc2c(c1)OCO2.I. The van der Waals surface area contributed by atoms with Gasteiger partial charge in [-0.15, -0.1) is 24.0 Å². The van der Waals surface area contributed by atoms with Crippen LogP contribution in [0.1, 0.15) is 23.6 Å². The van der Waals surface area contributed by atoms with Crippen molar-refractivity contribution >= 4 is 29.9 Å². The zero-order valence-electron chi connectivity index (χ0n) is 17.4. The van der Waals surface area contributed by atoms with Gasteiger partial charge in [-0.2, -0.15) is 0 Å². The highest BCUT2D eigenvalue weighted by molar-refractivity contribution is 14.0. The molecular weight excluding hydrogens is 479 g/mol. The quantitative estimate of drug-likeness (QED) is 0.324. The Morgan fingerprint density at radius 1 is 0.966 bits per heavy atom. The molecule has 2 N–H and O–H groups in total. The second-order valence-electron chi connectivity index (χ2n) is 7.11. The fourth-order valence-corrected chi connectivity index (χ4v) is 3.05. The van der Waals surface area contributed by atoms with Crippen molar-refractivity contribution in [2.45, 2.75) is 26.4 Å². The summed E-state index contributed by atoms with van der Waals surface area (Å²) in [5.41, 5.74) is 3.73. The Bertz CT molecular complexity index is 794. The standard InChI is InChI=1S/C22H30N4O2.HI/c1-4-23-22(25-14-18-5-7-19(8-6-18)15-26(2)3)24-12-11-17-9-10-20-21(13-17)28-16-27-20;/h5-10,13H,4,11-12,14-16H2,1-3H3,(H2,23,24,25);1H. The largest absolute Gasteiger partial charge is 0.454 e. The zero-order valence-corrected chi connectivity index (χ0v) is 19.7. The Kier molecular flexibility index (Phi) is 9.53. The minimum atomic E-state index is 0. The van der Waals surface area contributed by atoms with E-state index >= 15 is 0 Å². The summed E-state index contributed by atoms with van der Waals surface area (Å²) in [4.78, 5) is 6.87. The number of nitrogens with one attached hydrogen (secondary N) is 2. The van der Waals surface area contributed by atoms with Crippen molar-refractivity contribution in [3.63, 3.8) is 0 Å². The van der Waals surface area contributed by atoms with Crippen molar-refractivity contribution in [3.05, 3.63) is 59.2 Å². The molecular formula is C22H31IN4O2. The van der Waals surface area contributed by atoms with Crippen LogP contribution in [0.25, 0.3) is 0 Å². The van der Waals surface area contributed by atoms with Crippen LogP contribution >= 0.6 is 24.0 Å². The average molecular weight is 510 g/mol. The van der Waals surface area contributed by atoms with Crippen LogP contribution in [0.2, 0.25) is 0 Å². The molecule has 0 aromatic heterocycles. The number of halogens is 1. The van der Waals surface area contributed by atoms with Crippen LogP contribution in [-0.2, 0) is 19.5 Å². The molecule has 2 aromatic rings. The molecule has 0 bridgehead atoms. The van der Waals surface area contributed by atoms with Crippen molar-refractivity contribution < 1.29 is 9.47 Å². The first-order chi connectivity index (χ1) is 13.6. The molecule has 0 saturated carbocycles. The molecule has 1 heterocycles. The van der Waals surface area contributed by atoms with E-state index in [1.165, 1.54) is 16.7 Å². The minimum Gasteiger partial charge on any atom is -0.454 e. The van der Waals surface area contributed by atoms with Gasteiger partial charge in [0.2, 0.25) is 6.79 Å². The van der Waals surface area contributed by atoms with E-state index in [9.17, 15) is 0 Å². The molecule has 3 rings (SSSR count). The van der Waals surface area contributed by atoms with Crippen LogP contribution in [0, 0.1) is 0 Å². The number of rotatable bonds is 8. The highest BCUT2D eigenvalue weighted by Crippen LogP contribution is 2.32. The van der Waals surface area contributed by atoms with Crippen LogP contribution in [-0.4, -0.2) is 44.8 Å². The van der Waals surface area contributed by atoms with E-state index < -0.39 is 0 Å². The Labute approximate surface area is 190 Å². The van der Waals surface area contributed by atoms with E-state index in [1.807, 2.05) is 12.1 Å². The predicted molar refractivity (Wildman–Crippen MR) is 128 cm³/mol. The van der Waals surface area contributed by atoms with E-state index in [4.69, 9.17) is 14.5 Å². The third kappa shape index (κ3) is 7.40. The Morgan fingerprint density at radius 3 is 2.38 bits per heavy atom. The number of hydrogen-bond acceptors (Lipinski definition) is 4. The van der Waals surface area contributed by atoms with E-state index in [0.29, 0.717) is 13.3 Å². The van der Waals surface area contributed by atoms with Crippen molar-refractivity contribution in [2.75, 3.05) is 34.0 Å². The van der Waals surface area contributed by atoms with Gasteiger partial charge in [-0.1, -0.05) is 30.3 Å². The summed E-state index contributed by atoms with van der Waals surface area (Å²) >= 11 is 0. The van der Waals surface area contributed by atoms with Gasteiger partial charge in [-0.3, -0.25) is 0 Å². The lowest BCUT2D eigenvalue weighted by molar-refractivity contribution is 0.174. The number of hydrogen-bond donors (Lipinski definition) is 2. The summed E-state index contributed by atoms with van der Waals surface area (Å²) < 4.78 is 10.8. The van der Waals surface area contributed by atoms with Crippen LogP contribution in [0.4, 0.5) is 0 Å². The molecule has 2 aromatic carbocycles. The Morgan fingerprint density at radius 2 is 1.66 bits per heavy atom. The summed E-state index contributed by atoms with van der Waals surface area (Å²) in [6.07, 6.45) is 0.889. The number of ether oxygens (including phenoxy) is 2. The summed E-state index contributed by atoms with van der Waals surface area (Å²) in [7, 11) is 4.16. The van der Waals surface area contributed by atoms with Gasteiger partial charge in [0, 0.05) is 19.6 Å².